The predicted octanol–water partition coefficient (Wildman–Crippen LogP) is 6.65. The molecule has 0 saturated carbocycles. The minimum Gasteiger partial charge on any atom is -0.461 e. The smallest absolute Gasteiger partial charge is 0.272 e. The van der Waals surface area contributed by atoms with E-state index in [9.17, 15) is 13.2 Å². The molecular formula is C25H19Cl2NO4S. The number of hydrogen-bond donors (Lipinski definition) is 0. The summed E-state index contributed by atoms with van der Waals surface area (Å²) in [5.41, 5.74) is 2.19. The maximum absolute atomic E-state index is 13.8. The molecule has 168 valence electrons. The van der Waals surface area contributed by atoms with Crippen molar-refractivity contribution in [1.29, 1.82) is 0 Å². The Morgan fingerprint density at radius 3 is 2.45 bits per heavy atom. The van der Waals surface area contributed by atoms with Gasteiger partial charge in [0.1, 0.15) is 16.2 Å². The van der Waals surface area contributed by atoms with Crippen molar-refractivity contribution in [2.45, 2.75) is 30.6 Å². The average molecular weight is 500 g/mol. The van der Waals surface area contributed by atoms with E-state index in [-0.39, 0.29) is 26.2 Å². The van der Waals surface area contributed by atoms with Gasteiger partial charge in [0.15, 0.2) is 0 Å². The van der Waals surface area contributed by atoms with Crippen LogP contribution in [0.5, 0.6) is 0 Å². The fourth-order valence-corrected chi connectivity index (χ4v) is 6.36. The lowest BCUT2D eigenvalue weighted by Gasteiger charge is -2.23. The lowest BCUT2D eigenvalue weighted by molar-refractivity contribution is 0.101. The van der Waals surface area contributed by atoms with Crippen LogP contribution in [0.4, 0.5) is 5.69 Å². The predicted molar refractivity (Wildman–Crippen MR) is 130 cm³/mol. The first-order valence-corrected chi connectivity index (χ1v) is 12.7. The van der Waals surface area contributed by atoms with E-state index in [1.807, 2.05) is 0 Å². The SMILES string of the molecule is O=C(c1ccccc1)N(c1ccc2oc3c(c2c1)CCCC3)S(=O)(=O)c1cc(Cl)ccc1Cl. The fraction of sp³-hybridized carbons (Fsp3) is 0.160. The average Bonchev–Trinajstić information content (AvgIpc) is 3.19. The molecule has 0 bridgehead atoms. The number of carbonyl (C=O) groups is 1. The Labute approximate surface area is 201 Å². The van der Waals surface area contributed by atoms with E-state index in [2.05, 4.69) is 0 Å². The van der Waals surface area contributed by atoms with Crippen molar-refractivity contribution in [3.05, 3.63) is 93.7 Å². The van der Waals surface area contributed by atoms with Crippen LogP contribution in [0, 0.1) is 0 Å². The Morgan fingerprint density at radius 2 is 1.67 bits per heavy atom. The Balaban J connectivity index is 1.72. The summed E-state index contributed by atoms with van der Waals surface area (Å²) in [6.07, 6.45) is 3.79. The van der Waals surface area contributed by atoms with Crippen LogP contribution in [0.1, 0.15) is 34.5 Å². The number of sulfonamides is 1. The summed E-state index contributed by atoms with van der Waals surface area (Å²) in [4.78, 5) is 13.3. The van der Waals surface area contributed by atoms with Crippen LogP contribution < -0.4 is 4.31 Å². The van der Waals surface area contributed by atoms with Crippen molar-refractivity contribution in [1.82, 2.24) is 0 Å². The lowest BCUT2D eigenvalue weighted by atomic mass is 9.96. The Hall–Kier alpha value is -2.80. The molecule has 33 heavy (non-hydrogen) atoms. The molecule has 5 nitrogen and oxygen atoms in total. The highest BCUT2D eigenvalue weighted by Gasteiger charge is 2.34. The number of halogens is 2. The number of hydrogen-bond acceptors (Lipinski definition) is 4. The molecule has 1 aromatic heterocycles. The number of rotatable bonds is 4. The van der Waals surface area contributed by atoms with Crippen LogP contribution in [-0.4, -0.2) is 14.3 Å². The molecule has 1 aliphatic rings. The van der Waals surface area contributed by atoms with E-state index in [1.165, 1.54) is 18.2 Å². The van der Waals surface area contributed by atoms with E-state index < -0.39 is 15.9 Å². The molecule has 0 aliphatic heterocycles. The third-order valence-corrected chi connectivity index (χ3v) is 8.22. The molecule has 3 aromatic carbocycles. The molecule has 1 heterocycles. The number of benzene rings is 3. The Kier molecular flexibility index (Phi) is 5.69. The molecule has 8 heteroatoms. The summed E-state index contributed by atoms with van der Waals surface area (Å²) in [5, 5.41) is 0.997. The van der Waals surface area contributed by atoms with E-state index in [0.29, 0.717) is 5.58 Å². The van der Waals surface area contributed by atoms with Crippen molar-refractivity contribution in [3.63, 3.8) is 0 Å². The molecule has 0 unspecified atom stereocenters. The summed E-state index contributed by atoms with van der Waals surface area (Å²) < 4.78 is 34.4. The zero-order chi connectivity index (χ0) is 23.2. The molecule has 0 spiro atoms. The number of anilines is 1. The second kappa shape index (κ2) is 8.52. The fourth-order valence-electron chi connectivity index (χ4n) is 4.21. The highest BCUT2D eigenvalue weighted by Crippen LogP contribution is 2.37. The van der Waals surface area contributed by atoms with E-state index in [4.69, 9.17) is 27.6 Å². The number of nitrogens with zero attached hydrogens (tertiary/aromatic N) is 1. The van der Waals surface area contributed by atoms with Gasteiger partial charge in [-0.05, 0) is 67.8 Å². The maximum Gasteiger partial charge on any atom is 0.272 e. The van der Waals surface area contributed by atoms with Gasteiger partial charge in [0.25, 0.3) is 15.9 Å². The summed E-state index contributed by atoms with van der Waals surface area (Å²) in [6.45, 7) is 0. The molecule has 1 aliphatic carbocycles. The van der Waals surface area contributed by atoms with Gasteiger partial charge in [0.05, 0.1) is 10.7 Å². The van der Waals surface area contributed by atoms with E-state index in [1.54, 1.807) is 48.5 Å². The Bertz CT molecular complexity index is 1480. The topological polar surface area (TPSA) is 67.6 Å². The first-order valence-electron chi connectivity index (χ1n) is 10.5. The largest absolute Gasteiger partial charge is 0.461 e. The zero-order valence-electron chi connectivity index (χ0n) is 17.4. The van der Waals surface area contributed by atoms with Crippen LogP contribution in [0.15, 0.2) is 76.0 Å². The second-order valence-corrected chi connectivity index (χ2v) is 10.5. The first kappa shape index (κ1) is 22.0. The zero-order valence-corrected chi connectivity index (χ0v) is 19.8. The Morgan fingerprint density at radius 1 is 0.909 bits per heavy atom. The van der Waals surface area contributed by atoms with Gasteiger partial charge < -0.3 is 4.42 Å². The second-order valence-electron chi connectivity index (χ2n) is 7.91. The quantitative estimate of drug-likeness (QED) is 0.315. The van der Waals surface area contributed by atoms with Crippen LogP contribution in [-0.2, 0) is 22.9 Å². The normalized spacial score (nSPS) is 13.6. The lowest BCUT2D eigenvalue weighted by Crippen LogP contribution is -2.37. The van der Waals surface area contributed by atoms with Crippen molar-refractivity contribution >= 4 is 55.8 Å². The van der Waals surface area contributed by atoms with Gasteiger partial charge >= 0.3 is 0 Å². The number of amides is 1. The minimum absolute atomic E-state index is 0.0213. The summed E-state index contributed by atoms with van der Waals surface area (Å²) >= 11 is 12.3. The van der Waals surface area contributed by atoms with Crippen molar-refractivity contribution in [2.75, 3.05) is 4.31 Å². The third kappa shape index (κ3) is 3.92. The molecule has 0 saturated heterocycles. The maximum atomic E-state index is 13.8. The first-order chi connectivity index (χ1) is 15.9. The molecule has 0 radical (unpaired) electrons. The van der Waals surface area contributed by atoms with Crippen molar-refractivity contribution in [3.8, 4) is 0 Å². The van der Waals surface area contributed by atoms with Gasteiger partial charge in [-0.25, -0.2) is 8.42 Å². The van der Waals surface area contributed by atoms with Gasteiger partial charge in [-0.15, -0.1) is 0 Å². The molecule has 5 rings (SSSR count). The monoisotopic (exact) mass is 499 g/mol. The number of aryl methyl sites for hydroxylation is 2. The van der Waals surface area contributed by atoms with Crippen LogP contribution in [0.25, 0.3) is 11.0 Å². The summed E-state index contributed by atoms with van der Waals surface area (Å²) in [7, 11) is -4.39. The number of fused-ring (bicyclic) bond motifs is 3. The van der Waals surface area contributed by atoms with Crippen molar-refractivity contribution < 1.29 is 17.6 Å². The van der Waals surface area contributed by atoms with Gasteiger partial charge in [0, 0.05) is 28.0 Å². The van der Waals surface area contributed by atoms with Crippen LogP contribution in [0.3, 0.4) is 0 Å². The molecule has 0 atom stereocenters. The van der Waals surface area contributed by atoms with E-state index in [0.717, 1.165) is 46.7 Å². The summed E-state index contributed by atoms with van der Waals surface area (Å²) in [6, 6.07) is 17.4. The van der Waals surface area contributed by atoms with Gasteiger partial charge in [0.2, 0.25) is 0 Å². The van der Waals surface area contributed by atoms with Crippen LogP contribution in [0.2, 0.25) is 10.0 Å². The standard InChI is InChI=1S/C25H19Cl2NO4S/c26-17-10-12-21(27)24(14-17)33(30,31)28(25(29)16-6-2-1-3-7-16)18-11-13-23-20(15-18)19-8-4-5-9-22(19)32-23/h1-3,6-7,10-15H,4-5,8-9H2. The molecule has 1 amide bonds. The van der Waals surface area contributed by atoms with E-state index >= 15 is 0 Å². The van der Waals surface area contributed by atoms with Gasteiger partial charge in [-0.3, -0.25) is 4.79 Å². The number of furan rings is 1. The molecular weight excluding hydrogens is 481 g/mol. The van der Waals surface area contributed by atoms with Crippen LogP contribution >= 0.6 is 23.2 Å². The van der Waals surface area contributed by atoms with Crippen molar-refractivity contribution in [2.24, 2.45) is 0 Å². The highest BCUT2D eigenvalue weighted by atomic mass is 35.5. The highest BCUT2D eigenvalue weighted by molar-refractivity contribution is 7.93. The molecule has 0 N–H and O–H groups in total. The third-order valence-electron chi connectivity index (χ3n) is 5.79. The molecule has 4 aromatic rings. The molecule has 0 fully saturated rings. The van der Waals surface area contributed by atoms with Gasteiger partial charge in [-0.1, -0.05) is 41.4 Å². The number of carbonyl (C=O) groups excluding carboxylic acids is 1. The minimum atomic E-state index is -4.39. The summed E-state index contributed by atoms with van der Waals surface area (Å²) in [5.74, 6) is 0.235. The van der Waals surface area contributed by atoms with Gasteiger partial charge in [-0.2, -0.15) is 4.31 Å².